The van der Waals surface area contributed by atoms with Crippen LogP contribution in [0.2, 0.25) is 5.02 Å². The van der Waals surface area contributed by atoms with Gasteiger partial charge in [0.2, 0.25) is 11.8 Å². The van der Waals surface area contributed by atoms with Crippen LogP contribution >= 0.6 is 23.4 Å². The van der Waals surface area contributed by atoms with Crippen molar-refractivity contribution >= 4 is 35.2 Å². The molecule has 0 aliphatic heterocycles. The van der Waals surface area contributed by atoms with Crippen molar-refractivity contribution in [3.05, 3.63) is 29.3 Å². The molecule has 2 amide bonds. The summed E-state index contributed by atoms with van der Waals surface area (Å²) < 4.78 is 0. The van der Waals surface area contributed by atoms with Crippen LogP contribution in [-0.4, -0.2) is 17.6 Å². The number of hydrogen-bond acceptors (Lipinski definition) is 3. The average molecular weight is 301 g/mol. The fraction of sp³-hybridized carbons (Fsp3) is 0.385. The summed E-state index contributed by atoms with van der Waals surface area (Å²) in [5.74, 6) is 0.0334. The smallest absolute Gasteiger partial charge is 0.240 e. The molecule has 0 spiro atoms. The number of carbonyl (C=O) groups excluding carboxylic acids is 2. The summed E-state index contributed by atoms with van der Waals surface area (Å²) in [5.41, 5.74) is 4.75. The molecule has 0 bridgehead atoms. The van der Waals surface area contributed by atoms with Gasteiger partial charge in [-0.1, -0.05) is 37.6 Å². The van der Waals surface area contributed by atoms with Gasteiger partial charge in [0.05, 0.1) is 5.02 Å². The van der Waals surface area contributed by atoms with Gasteiger partial charge in [0.15, 0.2) is 0 Å². The molecule has 0 aromatic heterocycles. The molecule has 2 N–H and O–H groups in total. The first kappa shape index (κ1) is 15.9. The van der Waals surface area contributed by atoms with Crippen LogP contribution in [-0.2, 0) is 9.59 Å². The molecule has 104 valence electrons. The van der Waals surface area contributed by atoms with Crippen LogP contribution in [0.1, 0.15) is 20.3 Å². The molecule has 19 heavy (non-hydrogen) atoms. The van der Waals surface area contributed by atoms with Gasteiger partial charge in [0.25, 0.3) is 0 Å². The van der Waals surface area contributed by atoms with Crippen molar-refractivity contribution in [3.63, 3.8) is 0 Å². The number of halogens is 1. The van der Waals surface area contributed by atoms with Crippen LogP contribution in [0.25, 0.3) is 0 Å². The highest BCUT2D eigenvalue weighted by Gasteiger charge is 2.08. The van der Waals surface area contributed by atoms with Crippen molar-refractivity contribution in [1.82, 2.24) is 10.9 Å². The van der Waals surface area contributed by atoms with E-state index in [1.165, 1.54) is 11.8 Å². The first-order valence-electron chi connectivity index (χ1n) is 5.96. The third-order valence-corrected chi connectivity index (χ3v) is 3.79. The molecule has 0 atom stereocenters. The second-order valence-corrected chi connectivity index (χ2v) is 5.76. The van der Waals surface area contributed by atoms with Crippen molar-refractivity contribution in [2.45, 2.75) is 25.2 Å². The van der Waals surface area contributed by atoms with E-state index in [1.54, 1.807) is 13.8 Å². The minimum Gasteiger partial charge on any atom is -0.273 e. The maximum Gasteiger partial charge on any atom is 0.240 e. The third kappa shape index (κ3) is 5.98. The fourth-order valence-electron chi connectivity index (χ4n) is 1.15. The van der Waals surface area contributed by atoms with Gasteiger partial charge in [0, 0.05) is 23.0 Å². The van der Waals surface area contributed by atoms with Crippen molar-refractivity contribution < 1.29 is 9.59 Å². The first-order valence-corrected chi connectivity index (χ1v) is 7.33. The van der Waals surface area contributed by atoms with E-state index in [1.807, 2.05) is 24.3 Å². The minimum atomic E-state index is -0.214. The van der Waals surface area contributed by atoms with Crippen molar-refractivity contribution in [2.24, 2.45) is 5.92 Å². The van der Waals surface area contributed by atoms with Crippen molar-refractivity contribution in [2.75, 3.05) is 5.75 Å². The molecular formula is C13H17ClN2O2S. The van der Waals surface area contributed by atoms with E-state index >= 15 is 0 Å². The molecule has 0 aliphatic carbocycles. The Bertz CT molecular complexity index is 452. The lowest BCUT2D eigenvalue weighted by molar-refractivity contribution is -0.130. The van der Waals surface area contributed by atoms with Gasteiger partial charge in [-0.3, -0.25) is 20.4 Å². The Labute approximate surface area is 122 Å². The van der Waals surface area contributed by atoms with E-state index < -0.39 is 0 Å². The maximum absolute atomic E-state index is 11.5. The zero-order chi connectivity index (χ0) is 14.3. The van der Waals surface area contributed by atoms with Crippen molar-refractivity contribution in [3.8, 4) is 0 Å². The Balaban J connectivity index is 2.24. The van der Waals surface area contributed by atoms with Gasteiger partial charge in [-0.25, -0.2) is 0 Å². The molecule has 1 aromatic rings. The van der Waals surface area contributed by atoms with Gasteiger partial charge < -0.3 is 0 Å². The highest BCUT2D eigenvalue weighted by molar-refractivity contribution is 7.99. The Morgan fingerprint density at radius 1 is 1.26 bits per heavy atom. The number of benzene rings is 1. The fourth-order valence-corrected chi connectivity index (χ4v) is 2.34. The van der Waals surface area contributed by atoms with E-state index in [0.717, 1.165) is 4.90 Å². The molecule has 0 radical (unpaired) electrons. The monoisotopic (exact) mass is 300 g/mol. The van der Waals surface area contributed by atoms with Gasteiger partial charge in [-0.2, -0.15) is 0 Å². The molecule has 0 unspecified atom stereocenters. The highest BCUT2D eigenvalue weighted by atomic mass is 35.5. The Morgan fingerprint density at radius 2 is 1.95 bits per heavy atom. The van der Waals surface area contributed by atoms with Crippen LogP contribution in [0.15, 0.2) is 29.2 Å². The number of hydrogen-bond donors (Lipinski definition) is 2. The number of rotatable bonds is 5. The molecule has 1 rings (SSSR count). The molecule has 0 saturated heterocycles. The van der Waals surface area contributed by atoms with E-state index in [0.29, 0.717) is 17.2 Å². The maximum atomic E-state index is 11.5. The summed E-state index contributed by atoms with van der Waals surface area (Å²) in [4.78, 5) is 23.7. The van der Waals surface area contributed by atoms with Gasteiger partial charge >= 0.3 is 0 Å². The van der Waals surface area contributed by atoms with E-state index in [-0.39, 0.29) is 17.7 Å². The first-order chi connectivity index (χ1) is 9.00. The molecule has 1 aromatic carbocycles. The summed E-state index contributed by atoms with van der Waals surface area (Å²) >= 11 is 7.51. The molecule has 4 nitrogen and oxygen atoms in total. The van der Waals surface area contributed by atoms with Crippen LogP contribution in [0, 0.1) is 5.92 Å². The summed E-state index contributed by atoms with van der Waals surface area (Å²) in [6.45, 7) is 3.52. The normalized spacial score (nSPS) is 10.3. The third-order valence-electron chi connectivity index (χ3n) is 2.27. The average Bonchev–Trinajstić information content (AvgIpc) is 2.38. The lowest BCUT2D eigenvalue weighted by Crippen LogP contribution is -2.43. The molecule has 0 aliphatic rings. The molecular weight excluding hydrogens is 284 g/mol. The van der Waals surface area contributed by atoms with Crippen LogP contribution in [0.3, 0.4) is 0 Å². The molecule has 0 fully saturated rings. The standard InChI is InChI=1S/C13H17ClN2O2S/c1-9(2)13(18)16-15-12(17)7-8-19-11-6-4-3-5-10(11)14/h3-6,9H,7-8H2,1-2H3,(H,15,17)(H,16,18). The second-order valence-electron chi connectivity index (χ2n) is 4.22. The zero-order valence-corrected chi connectivity index (χ0v) is 12.5. The minimum absolute atomic E-state index is 0.155. The lowest BCUT2D eigenvalue weighted by atomic mass is 10.2. The number of thioether (sulfide) groups is 1. The number of carbonyl (C=O) groups is 2. The molecule has 0 saturated carbocycles. The topological polar surface area (TPSA) is 58.2 Å². The Hall–Kier alpha value is -1.20. The lowest BCUT2D eigenvalue weighted by Gasteiger charge is -2.09. The van der Waals surface area contributed by atoms with E-state index in [9.17, 15) is 9.59 Å². The van der Waals surface area contributed by atoms with Crippen LogP contribution < -0.4 is 10.9 Å². The van der Waals surface area contributed by atoms with Crippen LogP contribution in [0.5, 0.6) is 0 Å². The van der Waals surface area contributed by atoms with Crippen molar-refractivity contribution in [1.29, 1.82) is 0 Å². The quantitative estimate of drug-likeness (QED) is 0.649. The Kier molecular flexibility index (Phi) is 6.73. The van der Waals surface area contributed by atoms with Gasteiger partial charge in [-0.05, 0) is 12.1 Å². The second kappa shape index (κ2) is 8.07. The van der Waals surface area contributed by atoms with E-state index in [4.69, 9.17) is 11.6 Å². The van der Waals surface area contributed by atoms with Crippen LogP contribution in [0.4, 0.5) is 0 Å². The SMILES string of the molecule is CC(C)C(=O)NNC(=O)CCSc1ccccc1Cl. The molecule has 0 heterocycles. The van der Waals surface area contributed by atoms with E-state index in [2.05, 4.69) is 10.9 Å². The predicted octanol–water partition coefficient (Wildman–Crippen LogP) is 2.63. The van der Waals surface area contributed by atoms with Gasteiger partial charge in [0.1, 0.15) is 0 Å². The largest absolute Gasteiger partial charge is 0.273 e. The predicted molar refractivity (Wildman–Crippen MR) is 77.9 cm³/mol. The summed E-state index contributed by atoms with van der Waals surface area (Å²) in [7, 11) is 0. The number of hydrazine groups is 1. The Morgan fingerprint density at radius 3 is 2.58 bits per heavy atom. The number of nitrogens with one attached hydrogen (secondary N) is 2. The van der Waals surface area contributed by atoms with Gasteiger partial charge in [-0.15, -0.1) is 11.8 Å². The highest BCUT2D eigenvalue weighted by Crippen LogP contribution is 2.26. The summed E-state index contributed by atoms with van der Waals surface area (Å²) in [5, 5.41) is 0.681. The number of amides is 2. The zero-order valence-electron chi connectivity index (χ0n) is 10.9. The molecule has 6 heteroatoms. The summed E-state index contributed by atoms with van der Waals surface area (Å²) in [6, 6.07) is 7.48. The summed E-state index contributed by atoms with van der Waals surface area (Å²) in [6.07, 6.45) is 0.314.